The van der Waals surface area contributed by atoms with Gasteiger partial charge in [0.2, 0.25) is 0 Å². The van der Waals surface area contributed by atoms with E-state index in [4.69, 9.17) is 4.74 Å². The molecule has 4 nitrogen and oxygen atoms in total. The van der Waals surface area contributed by atoms with E-state index in [1.165, 1.54) is 22.3 Å². The molecule has 4 rings (SSSR count). The van der Waals surface area contributed by atoms with Crippen LogP contribution in [0.2, 0.25) is 0 Å². The quantitative estimate of drug-likeness (QED) is 0.398. The zero-order valence-electron chi connectivity index (χ0n) is 17.5. The molecule has 0 spiro atoms. The number of hydrogen-bond acceptors (Lipinski definition) is 3. The van der Waals surface area contributed by atoms with Gasteiger partial charge in [0.25, 0.3) is 0 Å². The maximum atomic E-state index is 12.2. The molecule has 0 aliphatic heterocycles. The van der Waals surface area contributed by atoms with Crippen molar-refractivity contribution in [3.63, 3.8) is 0 Å². The van der Waals surface area contributed by atoms with Gasteiger partial charge in [0.15, 0.2) is 6.29 Å². The fraction of sp³-hybridized carbons (Fsp3) is 0.185. The van der Waals surface area contributed by atoms with Gasteiger partial charge in [0.1, 0.15) is 6.61 Å². The van der Waals surface area contributed by atoms with E-state index in [0.29, 0.717) is 25.1 Å². The van der Waals surface area contributed by atoms with Crippen LogP contribution in [0, 0.1) is 6.92 Å². The van der Waals surface area contributed by atoms with Crippen molar-refractivity contribution in [1.82, 2.24) is 5.32 Å². The lowest BCUT2D eigenvalue weighted by atomic mass is 9.98. The maximum absolute atomic E-state index is 12.2. The summed E-state index contributed by atoms with van der Waals surface area (Å²) in [4.78, 5) is 23.4. The van der Waals surface area contributed by atoms with Crippen LogP contribution in [0.3, 0.4) is 0 Å². The number of nitrogens with one attached hydrogen (secondary N) is 1. The van der Waals surface area contributed by atoms with Crippen LogP contribution in [0.5, 0.6) is 0 Å². The summed E-state index contributed by atoms with van der Waals surface area (Å²) in [7, 11) is 0. The zero-order valence-corrected chi connectivity index (χ0v) is 17.5. The van der Waals surface area contributed by atoms with Crippen LogP contribution in [0.1, 0.15) is 45.0 Å². The van der Waals surface area contributed by atoms with Gasteiger partial charge in [-0.05, 0) is 47.2 Å². The number of rotatable bonds is 7. The van der Waals surface area contributed by atoms with Gasteiger partial charge >= 0.3 is 6.09 Å². The molecule has 0 radical (unpaired) electrons. The van der Waals surface area contributed by atoms with Crippen molar-refractivity contribution in [2.45, 2.75) is 19.3 Å². The Labute approximate surface area is 182 Å². The lowest BCUT2D eigenvalue weighted by Crippen LogP contribution is -2.26. The molecule has 0 saturated carbocycles. The van der Waals surface area contributed by atoms with E-state index in [0.717, 1.165) is 17.4 Å². The van der Waals surface area contributed by atoms with E-state index in [-0.39, 0.29) is 5.92 Å². The SMILES string of the molecule is Cc1ccc(C=CCCNC(=O)OCC2c3ccccc3-c3ccccc32)c(C=O)c1. The van der Waals surface area contributed by atoms with Crippen LogP contribution in [0.15, 0.2) is 72.8 Å². The van der Waals surface area contributed by atoms with E-state index in [9.17, 15) is 9.59 Å². The summed E-state index contributed by atoms with van der Waals surface area (Å²) >= 11 is 0. The van der Waals surface area contributed by atoms with Gasteiger partial charge in [-0.15, -0.1) is 0 Å². The minimum absolute atomic E-state index is 0.0568. The number of amides is 1. The molecular weight excluding hydrogens is 386 g/mol. The Morgan fingerprint density at radius 3 is 2.32 bits per heavy atom. The first-order chi connectivity index (χ1) is 15.2. The Balaban J connectivity index is 1.28. The molecule has 3 aromatic rings. The second kappa shape index (κ2) is 9.43. The van der Waals surface area contributed by atoms with Crippen LogP contribution in [-0.4, -0.2) is 25.5 Å². The third kappa shape index (κ3) is 4.58. The van der Waals surface area contributed by atoms with Crippen LogP contribution < -0.4 is 5.32 Å². The summed E-state index contributed by atoms with van der Waals surface area (Å²) in [6.45, 7) is 2.73. The minimum atomic E-state index is -0.417. The average molecular weight is 412 g/mol. The molecule has 0 atom stereocenters. The highest BCUT2D eigenvalue weighted by Gasteiger charge is 2.28. The normalized spacial score (nSPS) is 12.4. The summed E-state index contributed by atoms with van der Waals surface area (Å²) in [5, 5.41) is 2.80. The number of alkyl carbamates (subject to hydrolysis) is 1. The van der Waals surface area contributed by atoms with Crippen LogP contribution in [0.25, 0.3) is 17.2 Å². The first-order valence-corrected chi connectivity index (χ1v) is 10.5. The Kier molecular flexibility index (Phi) is 6.27. The maximum Gasteiger partial charge on any atom is 0.407 e. The topological polar surface area (TPSA) is 55.4 Å². The van der Waals surface area contributed by atoms with Crippen molar-refractivity contribution < 1.29 is 14.3 Å². The molecule has 0 saturated heterocycles. The van der Waals surface area contributed by atoms with Crippen molar-refractivity contribution in [3.05, 3.63) is 101 Å². The van der Waals surface area contributed by atoms with Crippen LogP contribution in [-0.2, 0) is 4.74 Å². The molecule has 3 aromatic carbocycles. The Hall–Kier alpha value is -3.66. The number of fused-ring (bicyclic) bond motifs is 3. The van der Waals surface area contributed by atoms with E-state index in [1.54, 1.807) is 0 Å². The van der Waals surface area contributed by atoms with Gasteiger partial charge in [0.05, 0.1) is 0 Å². The highest BCUT2D eigenvalue weighted by atomic mass is 16.5. The highest BCUT2D eigenvalue weighted by Crippen LogP contribution is 2.44. The van der Waals surface area contributed by atoms with E-state index < -0.39 is 6.09 Å². The zero-order chi connectivity index (χ0) is 21.6. The van der Waals surface area contributed by atoms with E-state index in [2.05, 4.69) is 29.6 Å². The standard InChI is InChI=1S/C27H25NO3/c1-19-13-14-20(21(16-19)17-29)8-6-7-15-28-27(30)31-18-26-24-11-4-2-9-22(24)23-10-3-5-12-25(23)26/h2-6,8-14,16-17,26H,7,15,18H2,1H3,(H,28,30). The highest BCUT2D eigenvalue weighted by molar-refractivity contribution is 5.82. The van der Waals surface area contributed by atoms with Crippen molar-refractivity contribution in [2.75, 3.05) is 13.2 Å². The molecule has 0 heterocycles. The molecule has 0 fully saturated rings. The largest absolute Gasteiger partial charge is 0.449 e. The summed E-state index contributed by atoms with van der Waals surface area (Å²) in [5.74, 6) is 0.0568. The van der Waals surface area contributed by atoms with Crippen LogP contribution in [0.4, 0.5) is 4.79 Å². The molecule has 31 heavy (non-hydrogen) atoms. The van der Waals surface area contributed by atoms with Gasteiger partial charge in [-0.3, -0.25) is 4.79 Å². The lowest BCUT2D eigenvalue weighted by Gasteiger charge is -2.14. The third-order valence-corrected chi connectivity index (χ3v) is 5.59. The average Bonchev–Trinajstić information content (AvgIpc) is 3.12. The van der Waals surface area contributed by atoms with Crippen molar-refractivity contribution >= 4 is 18.5 Å². The van der Waals surface area contributed by atoms with Crippen molar-refractivity contribution in [2.24, 2.45) is 0 Å². The molecular formula is C27H25NO3. The molecule has 4 heteroatoms. The number of benzene rings is 3. The smallest absolute Gasteiger partial charge is 0.407 e. The molecule has 1 amide bonds. The molecule has 156 valence electrons. The Morgan fingerprint density at radius 1 is 0.968 bits per heavy atom. The molecule has 0 aromatic heterocycles. The van der Waals surface area contributed by atoms with Gasteiger partial charge in [-0.1, -0.05) is 78.4 Å². The second-order valence-electron chi connectivity index (χ2n) is 7.69. The van der Waals surface area contributed by atoms with E-state index in [1.807, 2.05) is 61.5 Å². The number of aldehydes is 1. The molecule has 1 aliphatic rings. The van der Waals surface area contributed by atoms with Crippen molar-refractivity contribution in [1.29, 1.82) is 0 Å². The second-order valence-corrected chi connectivity index (χ2v) is 7.69. The van der Waals surface area contributed by atoms with Gasteiger partial charge in [-0.2, -0.15) is 0 Å². The number of hydrogen-bond donors (Lipinski definition) is 1. The predicted molar refractivity (Wildman–Crippen MR) is 123 cm³/mol. The van der Waals surface area contributed by atoms with Gasteiger partial charge < -0.3 is 10.1 Å². The van der Waals surface area contributed by atoms with Gasteiger partial charge in [-0.25, -0.2) is 4.79 Å². The van der Waals surface area contributed by atoms with Crippen LogP contribution >= 0.6 is 0 Å². The molecule has 0 unspecified atom stereocenters. The summed E-state index contributed by atoms with van der Waals surface area (Å²) in [5.41, 5.74) is 7.41. The predicted octanol–water partition coefficient (Wildman–Crippen LogP) is 5.75. The first-order valence-electron chi connectivity index (χ1n) is 10.5. The molecule has 0 bridgehead atoms. The first kappa shape index (κ1) is 20.6. The van der Waals surface area contributed by atoms with Crippen molar-refractivity contribution in [3.8, 4) is 11.1 Å². The Morgan fingerprint density at radius 2 is 1.65 bits per heavy atom. The van der Waals surface area contributed by atoms with Gasteiger partial charge in [0, 0.05) is 18.0 Å². The number of carbonyl (C=O) groups is 2. The molecule has 1 N–H and O–H groups in total. The minimum Gasteiger partial charge on any atom is -0.449 e. The monoisotopic (exact) mass is 411 g/mol. The number of ether oxygens (including phenoxy) is 1. The van der Waals surface area contributed by atoms with E-state index >= 15 is 0 Å². The lowest BCUT2D eigenvalue weighted by molar-refractivity contribution is 0.112. The fourth-order valence-electron chi connectivity index (χ4n) is 4.07. The summed E-state index contributed by atoms with van der Waals surface area (Å²) < 4.78 is 5.53. The molecule has 1 aliphatic carbocycles. The number of carbonyl (C=O) groups excluding carboxylic acids is 2. The fourth-order valence-corrected chi connectivity index (χ4v) is 4.07. The number of aryl methyl sites for hydroxylation is 1. The summed E-state index contributed by atoms with van der Waals surface area (Å²) in [6, 6.07) is 22.3. The Bertz CT molecular complexity index is 1090. The summed E-state index contributed by atoms with van der Waals surface area (Å²) in [6.07, 6.45) is 4.95. The third-order valence-electron chi connectivity index (χ3n) is 5.59.